The molecule has 2 saturated carbocycles. The number of benzene rings is 1. The molecule has 6 nitrogen and oxygen atoms in total. The number of amides is 1. The SMILES string of the molecule is O=C(Nc1nc2ccc(-c3cnc(COC4CCCC4)nc3)cc2s1)C1CC1. The molecule has 1 N–H and O–H groups in total. The van der Waals surface area contributed by atoms with E-state index in [4.69, 9.17) is 4.74 Å². The molecule has 0 unspecified atom stereocenters. The van der Waals surface area contributed by atoms with Crippen molar-refractivity contribution in [2.45, 2.75) is 51.2 Å². The molecular weight excluding hydrogens is 372 g/mol. The number of nitrogens with zero attached hydrogens (tertiary/aromatic N) is 3. The average molecular weight is 395 g/mol. The summed E-state index contributed by atoms with van der Waals surface area (Å²) in [6.07, 6.45) is 10.9. The fourth-order valence-corrected chi connectivity index (χ4v) is 4.44. The summed E-state index contributed by atoms with van der Waals surface area (Å²) in [6.45, 7) is 0.475. The third-order valence-corrected chi connectivity index (χ3v) is 6.29. The number of carbonyl (C=O) groups is 1. The molecule has 2 aliphatic rings. The van der Waals surface area contributed by atoms with E-state index < -0.39 is 0 Å². The minimum absolute atomic E-state index is 0.0862. The third kappa shape index (κ3) is 3.91. The highest BCUT2D eigenvalue weighted by Gasteiger charge is 2.30. The fourth-order valence-electron chi connectivity index (χ4n) is 3.54. The molecule has 0 aliphatic heterocycles. The highest BCUT2D eigenvalue weighted by molar-refractivity contribution is 7.22. The summed E-state index contributed by atoms with van der Waals surface area (Å²) in [7, 11) is 0. The molecule has 0 spiro atoms. The summed E-state index contributed by atoms with van der Waals surface area (Å²) in [5.74, 6) is 0.985. The number of fused-ring (bicyclic) bond motifs is 1. The van der Waals surface area contributed by atoms with Gasteiger partial charge in [0.2, 0.25) is 5.91 Å². The predicted octanol–water partition coefficient (Wildman–Crippen LogP) is 4.56. The van der Waals surface area contributed by atoms with Gasteiger partial charge in [-0.2, -0.15) is 0 Å². The van der Waals surface area contributed by atoms with E-state index in [0.717, 1.165) is 52.9 Å². The monoisotopic (exact) mass is 394 g/mol. The van der Waals surface area contributed by atoms with Crippen molar-refractivity contribution in [1.82, 2.24) is 15.0 Å². The summed E-state index contributed by atoms with van der Waals surface area (Å²) in [5.41, 5.74) is 2.89. The predicted molar refractivity (Wildman–Crippen MR) is 109 cm³/mol. The second-order valence-corrected chi connectivity index (χ2v) is 8.60. The Kier molecular flexibility index (Phi) is 4.78. The number of thiazole rings is 1. The number of hydrogen-bond donors (Lipinski definition) is 1. The van der Waals surface area contributed by atoms with E-state index >= 15 is 0 Å². The van der Waals surface area contributed by atoms with Gasteiger partial charge in [0.15, 0.2) is 11.0 Å². The molecule has 28 heavy (non-hydrogen) atoms. The first-order valence-corrected chi connectivity index (χ1v) is 10.7. The van der Waals surface area contributed by atoms with Gasteiger partial charge >= 0.3 is 0 Å². The number of carbonyl (C=O) groups excluding carboxylic acids is 1. The van der Waals surface area contributed by atoms with E-state index in [9.17, 15) is 4.79 Å². The van der Waals surface area contributed by atoms with Gasteiger partial charge < -0.3 is 10.1 Å². The van der Waals surface area contributed by atoms with Crippen LogP contribution in [0.3, 0.4) is 0 Å². The molecule has 2 aromatic heterocycles. The fraction of sp³-hybridized carbons (Fsp3) is 0.429. The lowest BCUT2D eigenvalue weighted by atomic mass is 10.1. The second-order valence-electron chi connectivity index (χ2n) is 7.57. The summed E-state index contributed by atoms with van der Waals surface area (Å²) >= 11 is 1.50. The summed E-state index contributed by atoms with van der Waals surface area (Å²) in [5, 5.41) is 3.59. The minimum Gasteiger partial charge on any atom is -0.370 e. The van der Waals surface area contributed by atoms with Crippen LogP contribution in [0.15, 0.2) is 30.6 Å². The molecule has 3 aromatic rings. The Morgan fingerprint density at radius 2 is 1.89 bits per heavy atom. The van der Waals surface area contributed by atoms with Crippen LogP contribution in [0.25, 0.3) is 21.3 Å². The van der Waals surface area contributed by atoms with E-state index in [1.165, 1.54) is 24.2 Å². The lowest BCUT2D eigenvalue weighted by molar-refractivity contribution is -0.117. The maximum absolute atomic E-state index is 11.9. The van der Waals surface area contributed by atoms with Crippen LogP contribution in [0.4, 0.5) is 5.13 Å². The molecule has 0 bridgehead atoms. The topological polar surface area (TPSA) is 77.0 Å². The van der Waals surface area contributed by atoms with Crippen molar-refractivity contribution in [3.63, 3.8) is 0 Å². The Hall–Kier alpha value is -2.38. The second kappa shape index (κ2) is 7.56. The van der Waals surface area contributed by atoms with Crippen LogP contribution in [0, 0.1) is 5.92 Å². The number of anilines is 1. The molecule has 2 aliphatic carbocycles. The molecule has 1 aromatic carbocycles. The van der Waals surface area contributed by atoms with Crippen LogP contribution in [0.2, 0.25) is 0 Å². The third-order valence-electron chi connectivity index (χ3n) is 5.36. The molecular formula is C21H22N4O2S. The Morgan fingerprint density at radius 3 is 2.64 bits per heavy atom. The summed E-state index contributed by atoms with van der Waals surface area (Å²) in [4.78, 5) is 25.4. The van der Waals surface area contributed by atoms with Crippen LogP contribution in [-0.2, 0) is 16.1 Å². The lowest BCUT2D eigenvalue weighted by Crippen LogP contribution is -2.12. The van der Waals surface area contributed by atoms with Crippen LogP contribution in [-0.4, -0.2) is 27.0 Å². The van der Waals surface area contributed by atoms with Gasteiger partial charge in [-0.3, -0.25) is 4.79 Å². The molecule has 5 rings (SSSR count). The smallest absolute Gasteiger partial charge is 0.229 e. The van der Waals surface area contributed by atoms with Gasteiger partial charge in [0.1, 0.15) is 6.61 Å². The van der Waals surface area contributed by atoms with Crippen LogP contribution >= 0.6 is 11.3 Å². The Balaban J connectivity index is 1.28. The highest BCUT2D eigenvalue weighted by atomic mass is 32.1. The van der Waals surface area contributed by atoms with Crippen molar-refractivity contribution in [2.75, 3.05) is 5.32 Å². The minimum atomic E-state index is 0.0862. The van der Waals surface area contributed by atoms with Gasteiger partial charge in [-0.05, 0) is 43.4 Å². The van der Waals surface area contributed by atoms with Crippen molar-refractivity contribution < 1.29 is 9.53 Å². The highest BCUT2D eigenvalue weighted by Crippen LogP contribution is 2.33. The molecule has 0 radical (unpaired) electrons. The molecule has 0 saturated heterocycles. The van der Waals surface area contributed by atoms with Crippen LogP contribution in [0.1, 0.15) is 44.3 Å². The zero-order valence-corrected chi connectivity index (χ0v) is 16.4. The zero-order valence-electron chi connectivity index (χ0n) is 15.6. The number of nitrogens with one attached hydrogen (secondary N) is 1. The molecule has 0 atom stereocenters. The molecule has 7 heteroatoms. The number of aromatic nitrogens is 3. The van der Waals surface area contributed by atoms with E-state index in [1.807, 2.05) is 24.5 Å². The zero-order chi connectivity index (χ0) is 18.9. The largest absolute Gasteiger partial charge is 0.370 e. The van der Waals surface area contributed by atoms with Crippen molar-refractivity contribution in [3.05, 3.63) is 36.4 Å². The van der Waals surface area contributed by atoms with Gasteiger partial charge in [-0.15, -0.1) is 0 Å². The van der Waals surface area contributed by atoms with Gasteiger partial charge in [-0.1, -0.05) is 30.2 Å². The first kappa shape index (κ1) is 17.7. The Labute approximate surface area is 167 Å². The van der Waals surface area contributed by atoms with E-state index in [1.54, 1.807) is 0 Å². The van der Waals surface area contributed by atoms with E-state index in [2.05, 4.69) is 26.3 Å². The molecule has 2 fully saturated rings. The van der Waals surface area contributed by atoms with E-state index in [0.29, 0.717) is 17.8 Å². The van der Waals surface area contributed by atoms with Gasteiger partial charge in [-0.25, -0.2) is 15.0 Å². The first-order valence-electron chi connectivity index (χ1n) is 9.89. The van der Waals surface area contributed by atoms with Crippen molar-refractivity contribution in [1.29, 1.82) is 0 Å². The normalized spacial score (nSPS) is 17.3. The maximum Gasteiger partial charge on any atom is 0.229 e. The number of rotatable bonds is 6. The lowest BCUT2D eigenvalue weighted by Gasteiger charge is -2.10. The summed E-state index contributed by atoms with van der Waals surface area (Å²) in [6, 6.07) is 6.07. The first-order chi connectivity index (χ1) is 13.7. The van der Waals surface area contributed by atoms with Crippen molar-refractivity contribution in [2.24, 2.45) is 5.92 Å². The van der Waals surface area contributed by atoms with Crippen LogP contribution < -0.4 is 5.32 Å². The molecule has 2 heterocycles. The quantitative estimate of drug-likeness (QED) is 0.663. The van der Waals surface area contributed by atoms with Gasteiger partial charge in [0.05, 0.1) is 16.3 Å². The Bertz CT molecular complexity index is 991. The summed E-state index contributed by atoms with van der Waals surface area (Å²) < 4.78 is 6.92. The number of ether oxygens (including phenoxy) is 1. The number of hydrogen-bond acceptors (Lipinski definition) is 6. The average Bonchev–Trinajstić information content (AvgIpc) is 3.29. The maximum atomic E-state index is 11.9. The van der Waals surface area contributed by atoms with Gasteiger partial charge in [0.25, 0.3) is 0 Å². The van der Waals surface area contributed by atoms with Crippen molar-refractivity contribution in [3.8, 4) is 11.1 Å². The standard InChI is InChI=1S/C21H22N4O2S/c26-20(13-5-6-13)25-21-24-17-8-7-14(9-18(17)28-21)15-10-22-19(23-11-15)12-27-16-3-1-2-4-16/h7-11,13,16H,1-6,12H2,(H,24,25,26). The van der Waals surface area contributed by atoms with Gasteiger partial charge in [0, 0.05) is 23.9 Å². The molecule has 144 valence electrons. The van der Waals surface area contributed by atoms with E-state index in [-0.39, 0.29) is 11.8 Å². The van der Waals surface area contributed by atoms with Crippen LogP contribution in [0.5, 0.6) is 0 Å². The molecule has 1 amide bonds. The van der Waals surface area contributed by atoms with Crippen molar-refractivity contribution >= 4 is 32.6 Å². The Morgan fingerprint density at radius 1 is 1.11 bits per heavy atom.